The smallest absolute Gasteiger partial charge is 0.246 e. The van der Waals surface area contributed by atoms with Crippen molar-refractivity contribution in [2.24, 2.45) is 0 Å². The molecular formula is C26H28ClN3O4S. The van der Waals surface area contributed by atoms with Gasteiger partial charge in [0.25, 0.3) is 0 Å². The Balaban J connectivity index is 1.56. The van der Waals surface area contributed by atoms with E-state index in [1.165, 1.54) is 12.3 Å². The standard InChI is InChI=1S/C26H28ClN3O4S/c1-15-8-16(2)25(22(9-15)17-4-5-17)34-26-24(35(31,32)30-20-11-21(12-20)33-3)7-6-23(29-26)18-10-19(27)14-28-13-18/h6-10,13-14,17,20-21,30H,4-5,11-12H2,1-3H3. The Kier molecular flexibility index (Phi) is 6.57. The third-order valence-electron chi connectivity index (χ3n) is 6.53. The number of sulfonamides is 1. The number of benzene rings is 1. The minimum Gasteiger partial charge on any atom is -0.437 e. The lowest BCUT2D eigenvalue weighted by molar-refractivity contribution is 0.0236. The molecule has 0 saturated heterocycles. The summed E-state index contributed by atoms with van der Waals surface area (Å²) in [6.07, 6.45) is 6.70. The zero-order chi connectivity index (χ0) is 24.7. The molecule has 0 amide bonds. The summed E-state index contributed by atoms with van der Waals surface area (Å²) in [4.78, 5) is 8.78. The van der Waals surface area contributed by atoms with Crippen LogP contribution in [-0.4, -0.2) is 37.6 Å². The molecule has 2 aromatic heterocycles. The van der Waals surface area contributed by atoms with Crippen molar-refractivity contribution in [2.45, 2.75) is 62.5 Å². The fourth-order valence-corrected chi connectivity index (χ4v) is 5.97. The molecule has 0 bridgehead atoms. The number of ether oxygens (including phenoxy) is 2. The van der Waals surface area contributed by atoms with Crippen LogP contribution in [0.25, 0.3) is 11.3 Å². The zero-order valence-electron chi connectivity index (χ0n) is 19.9. The highest BCUT2D eigenvalue weighted by Gasteiger charge is 2.35. The molecular weight excluding hydrogens is 486 g/mol. The summed E-state index contributed by atoms with van der Waals surface area (Å²) in [5.74, 6) is 1.13. The monoisotopic (exact) mass is 513 g/mol. The molecule has 2 heterocycles. The van der Waals surface area contributed by atoms with E-state index in [1.807, 2.05) is 13.0 Å². The number of aryl methyl sites for hydroxylation is 2. The SMILES string of the molecule is COC1CC(NS(=O)(=O)c2ccc(-c3cncc(Cl)c3)nc2Oc2c(C)cc(C)cc2C2CC2)C1. The lowest BCUT2D eigenvalue weighted by Crippen LogP contribution is -2.47. The van der Waals surface area contributed by atoms with E-state index in [0.29, 0.717) is 40.8 Å². The molecule has 2 aliphatic carbocycles. The second kappa shape index (κ2) is 9.50. The van der Waals surface area contributed by atoms with Gasteiger partial charge >= 0.3 is 0 Å². The van der Waals surface area contributed by atoms with Gasteiger partial charge in [0.15, 0.2) is 0 Å². The topological polar surface area (TPSA) is 90.4 Å². The lowest BCUT2D eigenvalue weighted by atomic mass is 9.90. The van der Waals surface area contributed by atoms with Crippen LogP contribution in [0.3, 0.4) is 0 Å². The lowest BCUT2D eigenvalue weighted by Gasteiger charge is -2.34. The molecule has 0 atom stereocenters. The molecule has 2 fully saturated rings. The molecule has 0 unspecified atom stereocenters. The molecule has 35 heavy (non-hydrogen) atoms. The Bertz CT molecular complexity index is 1370. The largest absolute Gasteiger partial charge is 0.437 e. The second-order valence-electron chi connectivity index (χ2n) is 9.42. The number of pyridine rings is 2. The summed E-state index contributed by atoms with van der Waals surface area (Å²) >= 11 is 6.13. The Hall–Kier alpha value is -2.52. The van der Waals surface area contributed by atoms with Crippen molar-refractivity contribution in [3.63, 3.8) is 0 Å². The Morgan fingerprint density at radius 2 is 1.86 bits per heavy atom. The average Bonchev–Trinajstić information content (AvgIpc) is 3.63. The van der Waals surface area contributed by atoms with Crippen LogP contribution in [0, 0.1) is 13.8 Å². The number of nitrogens with zero attached hydrogens (tertiary/aromatic N) is 2. The normalized spacial score (nSPS) is 19.9. The highest BCUT2D eigenvalue weighted by molar-refractivity contribution is 7.89. The van der Waals surface area contributed by atoms with Crippen molar-refractivity contribution in [3.8, 4) is 22.9 Å². The summed E-state index contributed by atoms with van der Waals surface area (Å²) in [5.41, 5.74) is 4.38. The summed E-state index contributed by atoms with van der Waals surface area (Å²) in [6.45, 7) is 4.03. The predicted octanol–water partition coefficient (Wildman–Crippen LogP) is 5.54. The first kappa shape index (κ1) is 24.2. The van der Waals surface area contributed by atoms with Gasteiger partial charge in [-0.1, -0.05) is 29.3 Å². The summed E-state index contributed by atoms with van der Waals surface area (Å²) in [7, 11) is -2.25. The maximum atomic E-state index is 13.4. The van der Waals surface area contributed by atoms with Crippen molar-refractivity contribution < 1.29 is 17.9 Å². The Morgan fingerprint density at radius 3 is 2.54 bits per heavy atom. The van der Waals surface area contributed by atoms with Crippen molar-refractivity contribution in [2.75, 3.05) is 7.11 Å². The van der Waals surface area contributed by atoms with E-state index < -0.39 is 10.0 Å². The highest BCUT2D eigenvalue weighted by Crippen LogP contribution is 2.47. The van der Waals surface area contributed by atoms with Gasteiger partial charge in [0, 0.05) is 31.1 Å². The minimum absolute atomic E-state index is 0.00109. The van der Waals surface area contributed by atoms with Crippen LogP contribution in [0.1, 0.15) is 48.3 Å². The van der Waals surface area contributed by atoms with Gasteiger partial charge in [-0.2, -0.15) is 0 Å². The molecule has 2 aliphatic rings. The molecule has 184 valence electrons. The average molecular weight is 514 g/mol. The van der Waals surface area contributed by atoms with Gasteiger partial charge in [-0.25, -0.2) is 18.1 Å². The van der Waals surface area contributed by atoms with Gasteiger partial charge in [0.2, 0.25) is 15.9 Å². The van der Waals surface area contributed by atoms with E-state index in [-0.39, 0.29) is 22.9 Å². The van der Waals surface area contributed by atoms with E-state index in [1.54, 1.807) is 25.4 Å². The summed E-state index contributed by atoms with van der Waals surface area (Å²) in [6, 6.07) is 8.90. The van der Waals surface area contributed by atoms with Crippen molar-refractivity contribution in [1.82, 2.24) is 14.7 Å². The first-order valence-corrected chi connectivity index (χ1v) is 13.6. The van der Waals surface area contributed by atoms with E-state index in [9.17, 15) is 8.42 Å². The molecule has 0 spiro atoms. The number of halogens is 1. The van der Waals surface area contributed by atoms with Gasteiger partial charge < -0.3 is 9.47 Å². The van der Waals surface area contributed by atoms with Crippen molar-refractivity contribution in [1.29, 1.82) is 0 Å². The maximum Gasteiger partial charge on any atom is 0.246 e. The van der Waals surface area contributed by atoms with Crippen LogP contribution in [0.15, 0.2) is 47.6 Å². The zero-order valence-corrected chi connectivity index (χ0v) is 21.5. The van der Waals surface area contributed by atoms with Crippen LogP contribution in [0.5, 0.6) is 11.6 Å². The predicted molar refractivity (Wildman–Crippen MR) is 135 cm³/mol. The number of aromatic nitrogens is 2. The van der Waals surface area contributed by atoms with Crippen LogP contribution < -0.4 is 9.46 Å². The molecule has 2 saturated carbocycles. The molecule has 0 aliphatic heterocycles. The third kappa shape index (κ3) is 5.21. The Morgan fingerprint density at radius 1 is 1.09 bits per heavy atom. The number of nitrogens with one attached hydrogen (secondary N) is 1. The number of methoxy groups -OCH3 is 1. The van der Waals surface area contributed by atoms with Crippen molar-refractivity contribution >= 4 is 21.6 Å². The molecule has 7 nitrogen and oxygen atoms in total. The number of hydrogen-bond acceptors (Lipinski definition) is 6. The van der Waals surface area contributed by atoms with Gasteiger partial charge in [-0.3, -0.25) is 4.98 Å². The van der Waals surface area contributed by atoms with Gasteiger partial charge in [0.05, 0.1) is 16.8 Å². The molecule has 1 aromatic carbocycles. The minimum atomic E-state index is -3.88. The fraction of sp³-hybridized carbons (Fsp3) is 0.385. The van der Waals surface area contributed by atoms with Gasteiger partial charge in [-0.05, 0) is 74.8 Å². The molecule has 1 N–H and O–H groups in total. The van der Waals surface area contributed by atoms with Crippen LogP contribution in [-0.2, 0) is 14.8 Å². The quantitative estimate of drug-likeness (QED) is 0.425. The number of hydrogen-bond donors (Lipinski definition) is 1. The fourth-order valence-electron chi connectivity index (χ4n) is 4.48. The summed E-state index contributed by atoms with van der Waals surface area (Å²) in [5, 5.41) is 0.466. The first-order chi connectivity index (χ1) is 16.7. The van der Waals surface area contributed by atoms with Gasteiger partial charge in [0.1, 0.15) is 10.6 Å². The van der Waals surface area contributed by atoms with E-state index >= 15 is 0 Å². The molecule has 5 rings (SSSR count). The highest BCUT2D eigenvalue weighted by atomic mass is 35.5. The summed E-state index contributed by atoms with van der Waals surface area (Å²) < 4.78 is 41.3. The Labute approximate surface area is 210 Å². The van der Waals surface area contributed by atoms with E-state index in [2.05, 4.69) is 27.7 Å². The molecule has 3 aromatic rings. The van der Waals surface area contributed by atoms with Crippen molar-refractivity contribution in [3.05, 3.63) is 64.4 Å². The molecule has 0 radical (unpaired) electrons. The van der Waals surface area contributed by atoms with Crippen LogP contribution in [0.2, 0.25) is 5.02 Å². The number of rotatable bonds is 8. The van der Waals surface area contributed by atoms with Crippen LogP contribution in [0.4, 0.5) is 0 Å². The maximum absolute atomic E-state index is 13.4. The van der Waals surface area contributed by atoms with E-state index in [0.717, 1.165) is 29.5 Å². The van der Waals surface area contributed by atoms with E-state index in [4.69, 9.17) is 21.1 Å². The van der Waals surface area contributed by atoms with Crippen LogP contribution >= 0.6 is 11.6 Å². The first-order valence-electron chi connectivity index (χ1n) is 11.7. The second-order valence-corrected chi connectivity index (χ2v) is 11.5. The molecule has 9 heteroatoms. The van der Waals surface area contributed by atoms with Gasteiger partial charge in [-0.15, -0.1) is 0 Å². The third-order valence-corrected chi connectivity index (χ3v) is 8.27.